The average molecular weight is 373 g/mol. The van der Waals surface area contributed by atoms with Gasteiger partial charge in [0, 0.05) is 29.4 Å². The molecular formula is C20H21ClN2O3. The fourth-order valence-electron chi connectivity index (χ4n) is 2.90. The molecular weight excluding hydrogens is 352 g/mol. The first kappa shape index (κ1) is 18.3. The van der Waals surface area contributed by atoms with Crippen molar-refractivity contribution in [3.8, 4) is 5.75 Å². The molecule has 1 aliphatic rings. The fourth-order valence-corrected chi connectivity index (χ4v) is 3.08. The summed E-state index contributed by atoms with van der Waals surface area (Å²) in [5.41, 5.74) is 1.52. The van der Waals surface area contributed by atoms with Gasteiger partial charge in [-0.25, -0.2) is 0 Å². The van der Waals surface area contributed by atoms with Gasteiger partial charge in [-0.1, -0.05) is 24.6 Å². The Hall–Kier alpha value is -2.53. The highest BCUT2D eigenvalue weighted by molar-refractivity contribution is 6.30. The second kappa shape index (κ2) is 8.23. The molecule has 2 aromatic carbocycles. The molecule has 1 saturated heterocycles. The number of rotatable bonds is 6. The number of anilines is 2. The van der Waals surface area contributed by atoms with Crippen molar-refractivity contribution in [2.24, 2.45) is 0 Å². The average Bonchev–Trinajstić information content (AvgIpc) is 3.06. The number of hydrogen-bond acceptors (Lipinski definition) is 3. The van der Waals surface area contributed by atoms with Gasteiger partial charge < -0.3 is 15.0 Å². The third kappa shape index (κ3) is 4.35. The van der Waals surface area contributed by atoms with Crippen LogP contribution in [0.25, 0.3) is 0 Å². The minimum atomic E-state index is -0.617. The zero-order chi connectivity index (χ0) is 18.5. The summed E-state index contributed by atoms with van der Waals surface area (Å²) in [5, 5.41) is 3.42. The quantitative estimate of drug-likeness (QED) is 0.824. The monoisotopic (exact) mass is 372 g/mol. The van der Waals surface area contributed by atoms with E-state index < -0.39 is 6.10 Å². The van der Waals surface area contributed by atoms with Gasteiger partial charge in [0.25, 0.3) is 5.91 Å². The second-order valence-electron chi connectivity index (χ2n) is 6.16. The highest BCUT2D eigenvalue weighted by Gasteiger charge is 2.22. The summed E-state index contributed by atoms with van der Waals surface area (Å²) in [6, 6.07) is 14.3. The van der Waals surface area contributed by atoms with Crippen LogP contribution >= 0.6 is 11.6 Å². The molecule has 1 fully saturated rings. The molecule has 0 saturated carbocycles. The van der Waals surface area contributed by atoms with Crippen molar-refractivity contribution in [1.82, 2.24) is 0 Å². The predicted molar refractivity (Wildman–Crippen MR) is 103 cm³/mol. The molecule has 6 heteroatoms. The number of carbonyl (C=O) groups excluding carboxylic acids is 2. The van der Waals surface area contributed by atoms with Crippen molar-refractivity contribution in [1.29, 1.82) is 0 Å². The van der Waals surface area contributed by atoms with Crippen LogP contribution < -0.4 is 15.0 Å². The Labute approximate surface area is 157 Å². The lowest BCUT2D eigenvalue weighted by molar-refractivity contribution is -0.122. The van der Waals surface area contributed by atoms with Crippen LogP contribution in [0.15, 0.2) is 48.5 Å². The molecule has 1 atom stereocenters. The Bertz CT molecular complexity index is 792. The Morgan fingerprint density at radius 2 is 2.04 bits per heavy atom. The molecule has 2 aromatic rings. The molecule has 136 valence electrons. The molecule has 0 bridgehead atoms. The van der Waals surface area contributed by atoms with Crippen molar-refractivity contribution in [2.45, 2.75) is 32.3 Å². The predicted octanol–water partition coefficient (Wildman–Crippen LogP) is 4.26. The molecule has 2 amide bonds. The van der Waals surface area contributed by atoms with Gasteiger partial charge in [-0.15, -0.1) is 0 Å². The van der Waals surface area contributed by atoms with Crippen molar-refractivity contribution in [2.75, 3.05) is 16.8 Å². The number of ether oxygens (including phenoxy) is 1. The van der Waals surface area contributed by atoms with E-state index in [1.165, 1.54) is 0 Å². The van der Waals surface area contributed by atoms with Gasteiger partial charge in [0.2, 0.25) is 5.91 Å². The molecule has 0 aromatic heterocycles. The third-order valence-corrected chi connectivity index (χ3v) is 4.49. The van der Waals surface area contributed by atoms with E-state index in [4.69, 9.17) is 16.3 Å². The highest BCUT2D eigenvalue weighted by Crippen LogP contribution is 2.24. The van der Waals surface area contributed by atoms with E-state index in [0.717, 1.165) is 18.7 Å². The van der Waals surface area contributed by atoms with Gasteiger partial charge in [0.05, 0.1) is 0 Å². The zero-order valence-corrected chi connectivity index (χ0v) is 15.3. The smallest absolute Gasteiger partial charge is 0.265 e. The van der Waals surface area contributed by atoms with E-state index >= 15 is 0 Å². The minimum Gasteiger partial charge on any atom is -0.481 e. The molecule has 0 radical (unpaired) electrons. The first-order chi connectivity index (χ1) is 12.6. The molecule has 0 unspecified atom stereocenters. The maximum absolute atomic E-state index is 12.5. The summed E-state index contributed by atoms with van der Waals surface area (Å²) < 4.78 is 5.75. The van der Waals surface area contributed by atoms with E-state index in [-0.39, 0.29) is 11.8 Å². The molecule has 3 rings (SSSR count). The van der Waals surface area contributed by atoms with Gasteiger partial charge in [0.15, 0.2) is 6.10 Å². The summed E-state index contributed by atoms with van der Waals surface area (Å²) in [4.78, 5) is 26.1. The summed E-state index contributed by atoms with van der Waals surface area (Å²) in [7, 11) is 0. The highest BCUT2D eigenvalue weighted by atomic mass is 35.5. The van der Waals surface area contributed by atoms with E-state index in [0.29, 0.717) is 29.3 Å². The van der Waals surface area contributed by atoms with Gasteiger partial charge in [0.1, 0.15) is 5.75 Å². The van der Waals surface area contributed by atoms with Crippen LogP contribution in [0.1, 0.15) is 26.2 Å². The van der Waals surface area contributed by atoms with Gasteiger partial charge in [-0.05, 0) is 55.3 Å². The third-order valence-electron chi connectivity index (χ3n) is 4.26. The van der Waals surface area contributed by atoms with Crippen molar-refractivity contribution in [3.05, 3.63) is 53.6 Å². The largest absolute Gasteiger partial charge is 0.481 e. The van der Waals surface area contributed by atoms with E-state index in [1.807, 2.05) is 19.1 Å². The van der Waals surface area contributed by atoms with Crippen LogP contribution in [0.5, 0.6) is 5.75 Å². The Morgan fingerprint density at radius 1 is 1.27 bits per heavy atom. The number of carbonyl (C=O) groups is 2. The Kier molecular flexibility index (Phi) is 5.78. The lowest BCUT2D eigenvalue weighted by Crippen LogP contribution is -2.32. The number of amides is 2. The number of halogens is 1. The molecule has 1 aliphatic heterocycles. The number of hydrogen-bond donors (Lipinski definition) is 1. The topological polar surface area (TPSA) is 58.6 Å². The molecule has 1 heterocycles. The summed E-state index contributed by atoms with van der Waals surface area (Å²) in [6.45, 7) is 2.63. The van der Waals surface area contributed by atoms with E-state index in [9.17, 15) is 9.59 Å². The van der Waals surface area contributed by atoms with Crippen LogP contribution in [0, 0.1) is 0 Å². The van der Waals surface area contributed by atoms with E-state index in [1.54, 1.807) is 41.3 Å². The summed E-state index contributed by atoms with van der Waals surface area (Å²) in [5.74, 6) is 0.475. The van der Waals surface area contributed by atoms with Gasteiger partial charge in [-0.2, -0.15) is 0 Å². The second-order valence-corrected chi connectivity index (χ2v) is 6.59. The van der Waals surface area contributed by atoms with Crippen LogP contribution in [0.2, 0.25) is 5.02 Å². The molecule has 0 spiro atoms. The zero-order valence-electron chi connectivity index (χ0n) is 14.6. The normalized spacial score (nSPS) is 15.0. The van der Waals surface area contributed by atoms with Gasteiger partial charge >= 0.3 is 0 Å². The lowest BCUT2D eigenvalue weighted by atomic mass is 10.2. The van der Waals surface area contributed by atoms with Crippen LogP contribution in [-0.2, 0) is 9.59 Å². The first-order valence-corrected chi connectivity index (χ1v) is 9.08. The van der Waals surface area contributed by atoms with Crippen LogP contribution in [-0.4, -0.2) is 24.5 Å². The number of nitrogens with zero attached hydrogens (tertiary/aromatic N) is 1. The van der Waals surface area contributed by atoms with Crippen LogP contribution in [0.3, 0.4) is 0 Å². The Balaban J connectivity index is 1.63. The number of nitrogens with one attached hydrogen (secondary N) is 1. The maximum Gasteiger partial charge on any atom is 0.265 e. The van der Waals surface area contributed by atoms with Crippen molar-refractivity contribution >= 4 is 34.8 Å². The lowest BCUT2D eigenvalue weighted by Gasteiger charge is -2.18. The molecule has 5 nitrogen and oxygen atoms in total. The summed E-state index contributed by atoms with van der Waals surface area (Å²) >= 11 is 5.95. The summed E-state index contributed by atoms with van der Waals surface area (Å²) in [6.07, 6.45) is 1.39. The van der Waals surface area contributed by atoms with Crippen molar-refractivity contribution in [3.63, 3.8) is 0 Å². The molecule has 1 N–H and O–H groups in total. The minimum absolute atomic E-state index is 0.141. The van der Waals surface area contributed by atoms with E-state index in [2.05, 4.69) is 5.32 Å². The maximum atomic E-state index is 12.5. The standard InChI is InChI=1S/C20H21ClN2O3/c1-2-18(26-17-6-3-5-14(21)13-17)20(25)22-15-8-10-16(11-9-15)23-12-4-7-19(23)24/h3,5-6,8-11,13,18H,2,4,7,12H2,1H3,(H,22,25)/t18-/m0/s1. The van der Waals surface area contributed by atoms with Crippen LogP contribution in [0.4, 0.5) is 11.4 Å². The molecule has 26 heavy (non-hydrogen) atoms. The van der Waals surface area contributed by atoms with Gasteiger partial charge in [-0.3, -0.25) is 9.59 Å². The number of benzene rings is 2. The Morgan fingerprint density at radius 3 is 2.65 bits per heavy atom. The molecule has 0 aliphatic carbocycles. The fraction of sp³-hybridized carbons (Fsp3) is 0.300. The van der Waals surface area contributed by atoms with Crippen molar-refractivity contribution < 1.29 is 14.3 Å². The SMILES string of the molecule is CC[C@H](Oc1cccc(Cl)c1)C(=O)Nc1ccc(N2CCCC2=O)cc1. The first-order valence-electron chi connectivity index (χ1n) is 8.70.